The van der Waals surface area contributed by atoms with Crippen LogP contribution in [0.2, 0.25) is 0 Å². The Morgan fingerprint density at radius 2 is 2.10 bits per heavy atom. The summed E-state index contributed by atoms with van der Waals surface area (Å²) in [5.74, 6) is -0.120. The molecule has 2 rings (SSSR count). The Kier molecular flexibility index (Phi) is 5.99. The number of hydrogen-bond acceptors (Lipinski definition) is 4. The van der Waals surface area contributed by atoms with Gasteiger partial charge in [0.1, 0.15) is 0 Å². The summed E-state index contributed by atoms with van der Waals surface area (Å²) < 4.78 is 5.13. The highest BCUT2D eigenvalue weighted by atomic mass is 16.5. The molecule has 1 unspecified atom stereocenters. The van der Waals surface area contributed by atoms with Gasteiger partial charge in [0.25, 0.3) is 0 Å². The van der Waals surface area contributed by atoms with Gasteiger partial charge in [0.05, 0.1) is 13.0 Å². The fourth-order valence-electron chi connectivity index (χ4n) is 2.82. The first-order valence-corrected chi connectivity index (χ1v) is 7.61. The third-order valence-corrected chi connectivity index (χ3v) is 3.82. The smallest absolute Gasteiger partial charge is 0.307 e. The number of pyridine rings is 1. The van der Waals surface area contributed by atoms with Crippen molar-refractivity contribution in [3.8, 4) is 0 Å². The number of hydrogen-bond donors (Lipinski definition) is 0. The summed E-state index contributed by atoms with van der Waals surface area (Å²) in [6, 6.07) is 4.09. The minimum absolute atomic E-state index is 0.0980. The first-order valence-electron chi connectivity index (χ1n) is 7.61. The largest absolute Gasteiger partial charge is 0.466 e. The molecule has 2 heterocycles. The first kappa shape index (κ1) is 15.0. The molecule has 0 bridgehead atoms. The fourth-order valence-corrected chi connectivity index (χ4v) is 2.82. The van der Waals surface area contributed by atoms with Crippen LogP contribution in [-0.4, -0.2) is 35.5 Å². The van der Waals surface area contributed by atoms with E-state index in [0.717, 1.165) is 18.7 Å². The lowest BCUT2D eigenvalue weighted by Gasteiger charge is -2.30. The van der Waals surface area contributed by atoms with Crippen molar-refractivity contribution in [1.82, 2.24) is 9.88 Å². The van der Waals surface area contributed by atoms with Gasteiger partial charge >= 0.3 is 5.97 Å². The average Bonchev–Trinajstić information content (AvgIpc) is 2.75. The van der Waals surface area contributed by atoms with Crippen LogP contribution in [0.25, 0.3) is 0 Å². The third kappa shape index (κ3) is 4.30. The van der Waals surface area contributed by atoms with Crippen molar-refractivity contribution in [2.45, 2.75) is 45.1 Å². The molecular weight excluding hydrogens is 252 g/mol. The first-order chi connectivity index (χ1) is 9.81. The summed E-state index contributed by atoms with van der Waals surface area (Å²) in [6.45, 7) is 4.40. The number of ether oxygens (including phenoxy) is 1. The van der Waals surface area contributed by atoms with E-state index in [-0.39, 0.29) is 12.0 Å². The summed E-state index contributed by atoms with van der Waals surface area (Å²) in [5, 5.41) is 0. The normalized spacial score (nSPS) is 18.2. The molecule has 0 N–H and O–H groups in total. The van der Waals surface area contributed by atoms with Crippen LogP contribution in [0.5, 0.6) is 0 Å². The molecule has 1 aromatic rings. The number of carbonyl (C=O) groups excluding carboxylic acids is 1. The molecule has 1 aliphatic heterocycles. The summed E-state index contributed by atoms with van der Waals surface area (Å²) in [4.78, 5) is 18.5. The van der Waals surface area contributed by atoms with E-state index in [1.54, 1.807) is 6.20 Å². The van der Waals surface area contributed by atoms with Gasteiger partial charge in [-0.05, 0) is 44.5 Å². The van der Waals surface area contributed by atoms with Crippen LogP contribution in [-0.2, 0) is 9.53 Å². The number of nitrogens with zero attached hydrogens (tertiary/aromatic N) is 2. The molecular formula is C16H24N2O2. The molecule has 20 heavy (non-hydrogen) atoms. The van der Waals surface area contributed by atoms with Crippen LogP contribution in [0.4, 0.5) is 0 Å². The molecule has 1 fully saturated rings. The second-order valence-corrected chi connectivity index (χ2v) is 5.26. The molecule has 1 saturated heterocycles. The number of rotatable bonds is 5. The lowest BCUT2D eigenvalue weighted by atomic mass is 10.0. The van der Waals surface area contributed by atoms with Crippen molar-refractivity contribution in [2.24, 2.45) is 0 Å². The highest BCUT2D eigenvalue weighted by Gasteiger charge is 2.24. The fraction of sp³-hybridized carbons (Fsp3) is 0.625. The zero-order valence-electron chi connectivity index (χ0n) is 12.3. The van der Waals surface area contributed by atoms with Crippen LogP contribution >= 0.6 is 0 Å². The Balaban J connectivity index is 2.12. The Labute approximate surface area is 121 Å². The number of esters is 1. The average molecular weight is 276 g/mol. The Hall–Kier alpha value is -1.42. The van der Waals surface area contributed by atoms with Gasteiger partial charge in [-0.15, -0.1) is 0 Å². The van der Waals surface area contributed by atoms with Crippen LogP contribution in [0.3, 0.4) is 0 Å². The molecule has 1 atom stereocenters. The van der Waals surface area contributed by atoms with Gasteiger partial charge < -0.3 is 4.74 Å². The second kappa shape index (κ2) is 8.00. The quantitative estimate of drug-likeness (QED) is 0.775. The van der Waals surface area contributed by atoms with E-state index < -0.39 is 0 Å². The number of carbonyl (C=O) groups is 1. The van der Waals surface area contributed by atoms with Crippen LogP contribution in [0.1, 0.15) is 50.6 Å². The zero-order chi connectivity index (χ0) is 14.2. The minimum Gasteiger partial charge on any atom is -0.466 e. The van der Waals surface area contributed by atoms with Gasteiger partial charge in [0.2, 0.25) is 0 Å². The molecule has 110 valence electrons. The molecule has 0 aromatic carbocycles. The summed E-state index contributed by atoms with van der Waals surface area (Å²) in [5.41, 5.74) is 1.11. The predicted octanol–water partition coefficient (Wildman–Crippen LogP) is 2.95. The topological polar surface area (TPSA) is 42.4 Å². The maximum atomic E-state index is 11.9. The summed E-state index contributed by atoms with van der Waals surface area (Å²) in [7, 11) is 0. The maximum absolute atomic E-state index is 11.9. The SMILES string of the molecule is CCOC(=O)CC(c1cccnc1)N1CCCCCC1. The van der Waals surface area contributed by atoms with Crippen LogP contribution in [0, 0.1) is 0 Å². The second-order valence-electron chi connectivity index (χ2n) is 5.26. The third-order valence-electron chi connectivity index (χ3n) is 3.82. The van der Waals surface area contributed by atoms with E-state index in [9.17, 15) is 4.79 Å². The lowest BCUT2D eigenvalue weighted by molar-refractivity contribution is -0.144. The van der Waals surface area contributed by atoms with Crippen molar-refractivity contribution in [3.63, 3.8) is 0 Å². The van der Waals surface area contributed by atoms with E-state index in [2.05, 4.69) is 16.0 Å². The van der Waals surface area contributed by atoms with Crippen molar-refractivity contribution in [3.05, 3.63) is 30.1 Å². The minimum atomic E-state index is -0.120. The molecule has 0 amide bonds. The Morgan fingerprint density at radius 1 is 1.35 bits per heavy atom. The van der Waals surface area contributed by atoms with Crippen molar-refractivity contribution < 1.29 is 9.53 Å². The lowest BCUT2D eigenvalue weighted by Crippen LogP contribution is -2.32. The molecule has 1 aliphatic rings. The van der Waals surface area contributed by atoms with Crippen molar-refractivity contribution in [2.75, 3.05) is 19.7 Å². The van der Waals surface area contributed by atoms with E-state index in [0.29, 0.717) is 13.0 Å². The molecule has 0 aliphatic carbocycles. The maximum Gasteiger partial charge on any atom is 0.307 e. The molecule has 4 heteroatoms. The Morgan fingerprint density at radius 3 is 2.70 bits per heavy atom. The summed E-state index contributed by atoms with van der Waals surface area (Å²) >= 11 is 0. The van der Waals surface area contributed by atoms with Gasteiger partial charge in [-0.25, -0.2) is 0 Å². The molecule has 0 saturated carbocycles. The van der Waals surface area contributed by atoms with Crippen molar-refractivity contribution in [1.29, 1.82) is 0 Å². The number of aromatic nitrogens is 1. The Bertz CT molecular complexity index is 400. The molecule has 0 spiro atoms. The van der Waals surface area contributed by atoms with E-state index in [4.69, 9.17) is 4.74 Å². The van der Waals surface area contributed by atoms with Gasteiger partial charge in [-0.1, -0.05) is 18.9 Å². The molecule has 4 nitrogen and oxygen atoms in total. The van der Waals surface area contributed by atoms with Gasteiger partial charge in [-0.3, -0.25) is 14.7 Å². The van der Waals surface area contributed by atoms with Crippen LogP contribution in [0.15, 0.2) is 24.5 Å². The standard InChI is InChI=1S/C16H24N2O2/c1-2-20-16(19)12-15(14-8-7-9-17-13-14)18-10-5-3-4-6-11-18/h7-9,13,15H,2-6,10-12H2,1H3. The highest BCUT2D eigenvalue weighted by molar-refractivity contribution is 5.70. The molecule has 0 radical (unpaired) electrons. The van der Waals surface area contributed by atoms with E-state index in [1.165, 1.54) is 25.7 Å². The van der Waals surface area contributed by atoms with Gasteiger partial charge in [-0.2, -0.15) is 0 Å². The number of likely N-dealkylation sites (tertiary alicyclic amines) is 1. The zero-order valence-corrected chi connectivity index (χ0v) is 12.3. The van der Waals surface area contributed by atoms with Crippen molar-refractivity contribution >= 4 is 5.97 Å². The van der Waals surface area contributed by atoms with E-state index in [1.807, 2.05) is 19.2 Å². The monoisotopic (exact) mass is 276 g/mol. The van der Waals surface area contributed by atoms with Crippen LogP contribution < -0.4 is 0 Å². The highest BCUT2D eigenvalue weighted by Crippen LogP contribution is 2.27. The predicted molar refractivity (Wildman–Crippen MR) is 78.3 cm³/mol. The molecule has 1 aromatic heterocycles. The van der Waals surface area contributed by atoms with Gasteiger partial charge in [0.15, 0.2) is 0 Å². The van der Waals surface area contributed by atoms with E-state index >= 15 is 0 Å². The summed E-state index contributed by atoms with van der Waals surface area (Å²) in [6.07, 6.45) is 9.05. The van der Waals surface area contributed by atoms with Gasteiger partial charge in [0, 0.05) is 18.4 Å².